The molecule has 0 aromatic carbocycles. The van der Waals surface area contributed by atoms with Gasteiger partial charge in [0, 0.05) is 25.4 Å². The SMILES string of the molecule is CCNc1cc(NCCn2ccnn2)nc(SC)n1. The summed E-state index contributed by atoms with van der Waals surface area (Å²) in [6.07, 6.45) is 5.46. The van der Waals surface area contributed by atoms with Gasteiger partial charge in [0.05, 0.1) is 12.7 Å². The first-order valence-corrected chi connectivity index (χ1v) is 7.29. The monoisotopic (exact) mass is 279 g/mol. The normalized spacial score (nSPS) is 10.4. The maximum Gasteiger partial charge on any atom is 0.191 e. The summed E-state index contributed by atoms with van der Waals surface area (Å²) in [6.45, 7) is 4.36. The second kappa shape index (κ2) is 6.93. The Bertz CT molecular complexity index is 500. The second-order valence-electron chi connectivity index (χ2n) is 3.75. The second-order valence-corrected chi connectivity index (χ2v) is 4.52. The van der Waals surface area contributed by atoms with Gasteiger partial charge in [-0.05, 0) is 13.2 Å². The van der Waals surface area contributed by atoms with Crippen LogP contribution in [0.1, 0.15) is 6.92 Å². The third kappa shape index (κ3) is 4.09. The maximum atomic E-state index is 4.41. The van der Waals surface area contributed by atoms with Crippen molar-refractivity contribution < 1.29 is 0 Å². The van der Waals surface area contributed by atoms with Gasteiger partial charge in [-0.15, -0.1) is 5.10 Å². The summed E-state index contributed by atoms with van der Waals surface area (Å²) in [5.74, 6) is 1.65. The van der Waals surface area contributed by atoms with Gasteiger partial charge >= 0.3 is 0 Å². The number of rotatable bonds is 7. The fourth-order valence-corrected chi connectivity index (χ4v) is 1.91. The van der Waals surface area contributed by atoms with E-state index >= 15 is 0 Å². The van der Waals surface area contributed by atoms with E-state index in [1.165, 1.54) is 11.8 Å². The Morgan fingerprint density at radius 1 is 1.26 bits per heavy atom. The van der Waals surface area contributed by atoms with Gasteiger partial charge in [0.25, 0.3) is 0 Å². The third-order valence-corrected chi connectivity index (χ3v) is 2.91. The van der Waals surface area contributed by atoms with Crippen LogP contribution in [0.5, 0.6) is 0 Å². The molecule has 2 rings (SSSR count). The van der Waals surface area contributed by atoms with Crippen molar-refractivity contribution in [2.75, 3.05) is 30.0 Å². The highest BCUT2D eigenvalue weighted by molar-refractivity contribution is 7.98. The molecule has 0 saturated carbocycles. The van der Waals surface area contributed by atoms with Crippen LogP contribution in [0.3, 0.4) is 0 Å². The molecule has 0 aliphatic rings. The van der Waals surface area contributed by atoms with Gasteiger partial charge in [-0.2, -0.15) is 0 Å². The van der Waals surface area contributed by atoms with E-state index in [1.54, 1.807) is 10.9 Å². The zero-order valence-corrected chi connectivity index (χ0v) is 11.8. The van der Waals surface area contributed by atoms with E-state index in [-0.39, 0.29) is 0 Å². The lowest BCUT2D eigenvalue weighted by atomic mass is 10.5. The van der Waals surface area contributed by atoms with E-state index in [9.17, 15) is 0 Å². The Kier molecular flexibility index (Phi) is 4.96. The standard InChI is InChI=1S/C11H17N7S/c1-3-12-9-8-10(16-11(15-9)19-2)13-4-6-18-7-5-14-17-18/h5,7-8H,3-4,6H2,1-2H3,(H2,12,13,15,16). The number of anilines is 2. The average Bonchev–Trinajstić information content (AvgIpc) is 2.92. The zero-order valence-electron chi connectivity index (χ0n) is 11.0. The van der Waals surface area contributed by atoms with Crippen molar-refractivity contribution in [2.45, 2.75) is 18.6 Å². The number of nitrogens with one attached hydrogen (secondary N) is 2. The maximum absolute atomic E-state index is 4.41. The van der Waals surface area contributed by atoms with Crippen molar-refractivity contribution >= 4 is 23.4 Å². The minimum Gasteiger partial charge on any atom is -0.370 e. The summed E-state index contributed by atoms with van der Waals surface area (Å²) in [6, 6.07) is 1.91. The molecule has 2 N–H and O–H groups in total. The molecule has 0 unspecified atom stereocenters. The summed E-state index contributed by atoms with van der Waals surface area (Å²) in [5, 5.41) is 14.9. The highest BCUT2D eigenvalue weighted by Crippen LogP contribution is 2.16. The lowest BCUT2D eigenvalue weighted by molar-refractivity contribution is 0.608. The first kappa shape index (κ1) is 13.6. The van der Waals surface area contributed by atoms with Gasteiger partial charge in [-0.3, -0.25) is 4.68 Å². The quantitative estimate of drug-likeness (QED) is 0.584. The molecule has 0 fully saturated rings. The number of nitrogens with zero attached hydrogens (tertiary/aromatic N) is 5. The van der Waals surface area contributed by atoms with Crippen molar-refractivity contribution in [3.05, 3.63) is 18.5 Å². The highest BCUT2D eigenvalue weighted by Gasteiger charge is 2.03. The lowest BCUT2D eigenvalue weighted by Crippen LogP contribution is -2.13. The molecule has 102 valence electrons. The molecule has 0 saturated heterocycles. The Morgan fingerprint density at radius 2 is 2.05 bits per heavy atom. The van der Waals surface area contributed by atoms with Gasteiger partial charge < -0.3 is 10.6 Å². The molecule has 7 nitrogen and oxygen atoms in total. The van der Waals surface area contributed by atoms with Crippen molar-refractivity contribution in [3.8, 4) is 0 Å². The first-order valence-electron chi connectivity index (χ1n) is 6.06. The van der Waals surface area contributed by atoms with Gasteiger partial charge in [0.1, 0.15) is 11.6 Å². The number of hydrogen-bond donors (Lipinski definition) is 2. The molecule has 0 bridgehead atoms. The summed E-state index contributed by atoms with van der Waals surface area (Å²) in [5.41, 5.74) is 0. The van der Waals surface area contributed by atoms with Crippen molar-refractivity contribution in [2.24, 2.45) is 0 Å². The molecule has 0 atom stereocenters. The van der Waals surface area contributed by atoms with Crippen LogP contribution >= 0.6 is 11.8 Å². The molecule has 2 aromatic rings. The molecule has 0 aliphatic carbocycles. The summed E-state index contributed by atoms with van der Waals surface area (Å²) < 4.78 is 1.77. The Balaban J connectivity index is 1.96. The fraction of sp³-hybridized carbons (Fsp3) is 0.455. The Hall–Kier alpha value is -1.83. The smallest absolute Gasteiger partial charge is 0.191 e. The van der Waals surface area contributed by atoms with Crippen LogP contribution in [0.2, 0.25) is 0 Å². The minimum absolute atomic E-state index is 0.736. The first-order chi connectivity index (χ1) is 9.31. The molecular formula is C11H17N7S. The van der Waals surface area contributed by atoms with Crippen molar-refractivity contribution in [3.63, 3.8) is 0 Å². The minimum atomic E-state index is 0.736. The Morgan fingerprint density at radius 3 is 2.68 bits per heavy atom. The van der Waals surface area contributed by atoms with Crippen molar-refractivity contribution in [1.29, 1.82) is 0 Å². The summed E-state index contributed by atoms with van der Waals surface area (Å²) >= 11 is 1.52. The molecule has 0 aliphatic heterocycles. The molecule has 0 amide bonds. The van der Waals surface area contributed by atoms with E-state index < -0.39 is 0 Å². The predicted molar refractivity (Wildman–Crippen MR) is 76.5 cm³/mol. The molecule has 2 heterocycles. The van der Waals surface area contributed by atoms with Crippen LogP contribution in [-0.4, -0.2) is 44.3 Å². The van der Waals surface area contributed by atoms with Gasteiger partial charge in [0.15, 0.2) is 5.16 Å². The molecule has 19 heavy (non-hydrogen) atoms. The van der Waals surface area contributed by atoms with Crippen LogP contribution in [0.4, 0.5) is 11.6 Å². The van der Waals surface area contributed by atoms with Crippen molar-refractivity contribution in [1.82, 2.24) is 25.0 Å². The average molecular weight is 279 g/mol. The molecule has 2 aromatic heterocycles. The predicted octanol–water partition coefficient (Wildman–Crippen LogP) is 1.33. The van der Waals surface area contributed by atoms with Crippen LogP contribution in [0.15, 0.2) is 23.6 Å². The molecule has 0 radical (unpaired) electrons. The van der Waals surface area contributed by atoms with Crippen LogP contribution < -0.4 is 10.6 Å². The zero-order chi connectivity index (χ0) is 13.5. The number of hydrogen-bond acceptors (Lipinski definition) is 7. The largest absolute Gasteiger partial charge is 0.370 e. The lowest BCUT2D eigenvalue weighted by Gasteiger charge is -2.09. The summed E-state index contributed by atoms with van der Waals surface area (Å²) in [7, 11) is 0. The van der Waals surface area contributed by atoms with E-state index in [4.69, 9.17) is 0 Å². The summed E-state index contributed by atoms with van der Waals surface area (Å²) in [4.78, 5) is 8.78. The van der Waals surface area contributed by atoms with Gasteiger partial charge in [0.2, 0.25) is 0 Å². The molecular weight excluding hydrogens is 262 g/mol. The van der Waals surface area contributed by atoms with E-state index in [0.29, 0.717) is 0 Å². The topological polar surface area (TPSA) is 80.5 Å². The van der Waals surface area contributed by atoms with Gasteiger partial charge in [-0.1, -0.05) is 17.0 Å². The van der Waals surface area contributed by atoms with Gasteiger partial charge in [-0.25, -0.2) is 9.97 Å². The van der Waals surface area contributed by atoms with E-state index in [2.05, 4.69) is 30.9 Å². The number of thioether (sulfide) groups is 1. The van der Waals surface area contributed by atoms with Crippen LogP contribution in [-0.2, 0) is 6.54 Å². The molecule has 0 spiro atoms. The van der Waals surface area contributed by atoms with E-state index in [1.807, 2.05) is 25.4 Å². The third-order valence-electron chi connectivity index (χ3n) is 2.37. The number of aromatic nitrogens is 5. The molecule has 8 heteroatoms. The van der Waals surface area contributed by atoms with Crippen LogP contribution in [0.25, 0.3) is 0 Å². The van der Waals surface area contributed by atoms with Crippen LogP contribution in [0, 0.1) is 0 Å². The highest BCUT2D eigenvalue weighted by atomic mass is 32.2. The fourth-order valence-electron chi connectivity index (χ4n) is 1.53. The van der Waals surface area contributed by atoms with E-state index in [0.717, 1.165) is 36.4 Å². The Labute approximate surface area is 116 Å².